The molecule has 0 aromatic carbocycles. The molecule has 0 heterocycles. The molecule has 3 nitrogen and oxygen atoms in total. The number of amides is 1. The molecule has 0 aliphatic carbocycles. The van der Waals surface area contributed by atoms with Gasteiger partial charge in [0.2, 0.25) is 0 Å². The van der Waals surface area contributed by atoms with Gasteiger partial charge in [0, 0.05) is 0 Å². The first-order valence-electron chi connectivity index (χ1n) is 0.697. The summed E-state index contributed by atoms with van der Waals surface area (Å²) < 4.78 is 0. The van der Waals surface area contributed by atoms with E-state index in [1.165, 1.54) is 0 Å². The molecule has 0 aromatic heterocycles. The van der Waals surface area contributed by atoms with E-state index in [0.29, 0.717) is 0 Å². The van der Waals surface area contributed by atoms with E-state index in [0.717, 1.165) is 0 Å². The van der Waals surface area contributed by atoms with Crippen molar-refractivity contribution in [3.63, 3.8) is 0 Å². The molecule has 0 bridgehead atoms. The Kier molecular flexibility index (Phi) is 24.4. The third-order valence-corrected chi connectivity index (χ3v) is 0. The molecule has 32 valence electrons. The Bertz CT molecular complexity index is 36.5. The Hall–Kier alpha value is 0.657. The van der Waals surface area contributed by atoms with Crippen molar-refractivity contribution in [2.75, 3.05) is 0 Å². The second-order valence-electron chi connectivity index (χ2n) is 0.319. The Balaban J connectivity index is -0.0000000450. The van der Waals surface area contributed by atoms with Gasteiger partial charge in [-0.1, -0.05) is 0 Å². The molecule has 0 fully saturated rings. The molecule has 6 heavy (non-hydrogen) atoms. The van der Waals surface area contributed by atoms with Crippen LogP contribution >= 0.6 is 0 Å². The van der Waals surface area contributed by atoms with Crippen LogP contribution in [0.15, 0.2) is 0 Å². The Morgan fingerprint density at radius 3 is 1.67 bits per heavy atom. The van der Waals surface area contributed by atoms with Crippen molar-refractivity contribution >= 4 is 29.8 Å². The summed E-state index contributed by atoms with van der Waals surface area (Å²) >= 11 is 0. The van der Waals surface area contributed by atoms with Gasteiger partial charge in [-0.05, 0) is 0 Å². The minimum atomic E-state index is -1.58. The fourth-order valence-electron chi connectivity index (χ4n) is 0. The average molecular weight is 197 g/mol. The van der Waals surface area contributed by atoms with Crippen LogP contribution in [0.25, 0.3) is 0 Å². The van der Waals surface area contributed by atoms with Crippen LogP contribution < -0.4 is 29.7 Å². The molecule has 0 aromatic rings. The number of carbonyl (C=O) groups is 1. The van der Waals surface area contributed by atoms with Gasteiger partial charge in [-0.15, -0.1) is 0 Å². The number of rotatable bonds is 0. The second kappa shape index (κ2) is 9.17. The predicted molar refractivity (Wildman–Crippen MR) is 18.1 cm³/mol. The van der Waals surface area contributed by atoms with Crippen molar-refractivity contribution in [1.82, 2.24) is 0 Å². The quantitative estimate of drug-likeness (QED) is 0.393. The van der Waals surface area contributed by atoms with Crippen molar-refractivity contribution in [3.8, 4) is 0 Å². The van der Waals surface area contributed by atoms with Crippen molar-refractivity contribution in [3.05, 3.63) is 0 Å². The van der Waals surface area contributed by atoms with Crippen LogP contribution in [0.1, 0.15) is 0 Å². The summed E-state index contributed by atoms with van der Waals surface area (Å²) in [4.78, 5) is 8.67. The average Bonchev–Trinajstić information content (AvgIpc) is 0.811. The molecule has 0 aliphatic heterocycles. The Morgan fingerprint density at radius 1 is 1.67 bits per heavy atom. The number of carbonyl (C=O) groups excluding carboxylic acids is 1. The van der Waals surface area contributed by atoms with Crippen LogP contribution in [0.5, 0.6) is 0 Å². The molecule has 5 heteroatoms. The van der Waals surface area contributed by atoms with Crippen molar-refractivity contribution in [2.24, 2.45) is 5.73 Å². The van der Waals surface area contributed by atoms with Gasteiger partial charge in [-0.3, -0.25) is 0 Å². The van der Waals surface area contributed by atoms with E-state index in [1.807, 2.05) is 0 Å². The van der Waals surface area contributed by atoms with Crippen molar-refractivity contribution in [2.45, 2.75) is 0 Å². The molecule has 0 radical (unpaired) electrons. The number of nitrogens with two attached hydrogens (primary N) is 1. The van der Waals surface area contributed by atoms with E-state index in [2.05, 4.69) is 5.73 Å². The third-order valence-electron chi connectivity index (χ3n) is 0. The van der Waals surface area contributed by atoms with Crippen LogP contribution in [0.3, 0.4) is 0 Å². The van der Waals surface area contributed by atoms with Crippen molar-refractivity contribution < 1.29 is 28.8 Å². The molecule has 1 amide bonds. The van der Waals surface area contributed by atoms with E-state index < -0.39 is 6.09 Å². The standard InChI is InChI=1S/CH3NO2.Li.H2Te/c2-1(3)4;;/h2H2,(H,3,4);;1H2/q;+1;/p-1. The molecular formula is CH4LiNO2Te. The van der Waals surface area contributed by atoms with Crippen LogP contribution in [-0.4, -0.2) is 29.8 Å². The summed E-state index contributed by atoms with van der Waals surface area (Å²) in [5.41, 5.74) is 3.92. The van der Waals surface area contributed by atoms with E-state index in [-0.39, 0.29) is 42.5 Å². The van der Waals surface area contributed by atoms with Gasteiger partial charge < -0.3 is 15.6 Å². The fraction of sp³-hybridized carbons (Fsp3) is 0. The van der Waals surface area contributed by atoms with Crippen LogP contribution in [-0.2, 0) is 0 Å². The first-order valence-corrected chi connectivity index (χ1v) is 0.697. The molecule has 0 unspecified atom stereocenters. The predicted octanol–water partition coefficient (Wildman–Crippen LogP) is -5.62. The summed E-state index contributed by atoms with van der Waals surface area (Å²) in [6.07, 6.45) is -1.58. The zero-order chi connectivity index (χ0) is 3.58. The molecule has 0 saturated carbocycles. The molecule has 0 atom stereocenters. The fourth-order valence-corrected chi connectivity index (χ4v) is 0. The monoisotopic (exact) mass is 199 g/mol. The van der Waals surface area contributed by atoms with Gasteiger partial charge in [0.25, 0.3) is 0 Å². The van der Waals surface area contributed by atoms with Crippen molar-refractivity contribution in [1.29, 1.82) is 0 Å². The van der Waals surface area contributed by atoms with E-state index in [4.69, 9.17) is 9.90 Å². The maximum atomic E-state index is 8.67. The number of primary amides is 1. The topological polar surface area (TPSA) is 66.2 Å². The maximum absolute atomic E-state index is 8.67. The zero-order valence-electron chi connectivity index (χ0n) is 3.39. The Labute approximate surface area is 64.2 Å². The number of hydrogen-bond donors (Lipinski definition) is 1. The molecule has 0 spiro atoms. The van der Waals surface area contributed by atoms with E-state index in [9.17, 15) is 0 Å². The Morgan fingerprint density at radius 2 is 1.67 bits per heavy atom. The first-order chi connectivity index (χ1) is 1.73. The van der Waals surface area contributed by atoms with Gasteiger partial charge in [0.15, 0.2) is 0 Å². The minimum absolute atomic E-state index is 0. The van der Waals surface area contributed by atoms with Crippen LogP contribution in [0.2, 0.25) is 0 Å². The number of carboxylic acid groups (broad SMARTS) is 1. The van der Waals surface area contributed by atoms with E-state index in [1.54, 1.807) is 0 Å². The summed E-state index contributed by atoms with van der Waals surface area (Å²) in [7, 11) is 0. The summed E-state index contributed by atoms with van der Waals surface area (Å²) in [5.74, 6) is 0. The second-order valence-corrected chi connectivity index (χ2v) is 0.319. The van der Waals surface area contributed by atoms with Gasteiger partial charge in [0.05, 0.1) is 0 Å². The summed E-state index contributed by atoms with van der Waals surface area (Å²) in [6, 6.07) is 0. The third kappa shape index (κ3) is 144. The SMILES string of the molecule is NC(=O)[O-].[Li+].[TeH2]. The van der Waals surface area contributed by atoms with E-state index >= 15 is 0 Å². The molecular weight excluding hydrogens is 193 g/mol. The van der Waals surface area contributed by atoms with Gasteiger partial charge >= 0.3 is 42.5 Å². The normalized spacial score (nSPS) is 4.00. The zero-order valence-corrected chi connectivity index (χ0v) is 6.25. The molecule has 2 N–H and O–H groups in total. The summed E-state index contributed by atoms with van der Waals surface area (Å²) in [6.45, 7) is 0. The first kappa shape index (κ1) is 15.9. The summed E-state index contributed by atoms with van der Waals surface area (Å²) in [5, 5.41) is 8.67. The molecule has 0 rings (SSSR count). The molecule has 0 aliphatic rings. The van der Waals surface area contributed by atoms with Crippen LogP contribution in [0.4, 0.5) is 4.79 Å². The number of hydrogen-bond acceptors (Lipinski definition) is 2. The van der Waals surface area contributed by atoms with Crippen LogP contribution in [0, 0.1) is 0 Å². The molecule has 0 saturated heterocycles. The van der Waals surface area contributed by atoms with Gasteiger partial charge in [0.1, 0.15) is 6.09 Å². The van der Waals surface area contributed by atoms with Gasteiger partial charge in [-0.25, -0.2) is 0 Å². The van der Waals surface area contributed by atoms with Gasteiger partial charge in [-0.2, -0.15) is 0 Å².